The van der Waals surface area contributed by atoms with Gasteiger partial charge in [-0.25, -0.2) is 4.79 Å². The quantitative estimate of drug-likeness (QED) is 0.269. The number of aryl methyl sites for hydroxylation is 1. The van der Waals surface area contributed by atoms with Crippen LogP contribution in [0.2, 0.25) is 0 Å². The van der Waals surface area contributed by atoms with Crippen molar-refractivity contribution in [1.29, 1.82) is 0 Å². The molecule has 0 bridgehead atoms. The van der Waals surface area contributed by atoms with Crippen LogP contribution in [0.1, 0.15) is 23.7 Å². The molecule has 8 heteroatoms. The van der Waals surface area contributed by atoms with Crippen molar-refractivity contribution in [3.8, 4) is 11.5 Å². The molecule has 34 heavy (non-hydrogen) atoms. The first kappa shape index (κ1) is 25.0. The number of phenols is 1. The Morgan fingerprint density at radius 2 is 1.65 bits per heavy atom. The van der Waals surface area contributed by atoms with Gasteiger partial charge in [-0.05, 0) is 48.9 Å². The number of ether oxygens (including phenoxy) is 3. The van der Waals surface area contributed by atoms with E-state index in [0.717, 1.165) is 5.56 Å². The first-order chi connectivity index (χ1) is 16.4. The van der Waals surface area contributed by atoms with Crippen LogP contribution < -0.4 is 10.1 Å². The van der Waals surface area contributed by atoms with Crippen molar-refractivity contribution in [3.63, 3.8) is 0 Å². The van der Waals surface area contributed by atoms with Crippen LogP contribution in [-0.2, 0) is 14.3 Å². The summed E-state index contributed by atoms with van der Waals surface area (Å²) in [7, 11) is 0. The van der Waals surface area contributed by atoms with Gasteiger partial charge in [0.15, 0.2) is 6.10 Å². The van der Waals surface area contributed by atoms with Crippen LogP contribution in [0.3, 0.4) is 0 Å². The Kier molecular flexibility index (Phi) is 9.22. The van der Waals surface area contributed by atoms with Gasteiger partial charge in [-0.2, -0.15) is 12.6 Å². The third kappa shape index (κ3) is 7.74. The molecule has 3 aromatic rings. The van der Waals surface area contributed by atoms with Gasteiger partial charge in [0, 0.05) is 12.1 Å². The van der Waals surface area contributed by atoms with Crippen molar-refractivity contribution in [1.82, 2.24) is 0 Å². The Labute approximate surface area is 204 Å². The summed E-state index contributed by atoms with van der Waals surface area (Å²) in [6.07, 6.45) is -1.97. The van der Waals surface area contributed by atoms with Crippen LogP contribution in [0.4, 0.5) is 10.5 Å². The monoisotopic (exact) mass is 481 g/mol. The van der Waals surface area contributed by atoms with E-state index >= 15 is 0 Å². The van der Waals surface area contributed by atoms with Gasteiger partial charge in [-0.1, -0.05) is 48.0 Å². The van der Waals surface area contributed by atoms with Crippen LogP contribution >= 0.6 is 12.6 Å². The van der Waals surface area contributed by atoms with Crippen molar-refractivity contribution in [2.24, 2.45) is 0 Å². The van der Waals surface area contributed by atoms with Gasteiger partial charge in [0.05, 0.1) is 12.4 Å². The van der Waals surface area contributed by atoms with Crippen LogP contribution in [0, 0.1) is 6.92 Å². The van der Waals surface area contributed by atoms with E-state index in [1.807, 2.05) is 37.3 Å². The number of hydrogen-bond donors (Lipinski definition) is 3. The average Bonchev–Trinajstić information content (AvgIpc) is 2.84. The highest BCUT2D eigenvalue weighted by atomic mass is 32.1. The minimum Gasteiger partial charge on any atom is -0.508 e. The summed E-state index contributed by atoms with van der Waals surface area (Å²) < 4.78 is 17.2. The van der Waals surface area contributed by atoms with E-state index in [4.69, 9.17) is 14.2 Å². The van der Waals surface area contributed by atoms with Crippen molar-refractivity contribution in [2.45, 2.75) is 25.6 Å². The van der Waals surface area contributed by atoms with Gasteiger partial charge >= 0.3 is 12.1 Å². The minimum atomic E-state index is -0.860. The summed E-state index contributed by atoms with van der Waals surface area (Å²) in [6.45, 7) is 2.00. The molecule has 0 saturated heterocycles. The molecular weight excluding hydrogens is 454 g/mol. The number of thiol groups is 1. The zero-order valence-electron chi connectivity index (χ0n) is 18.7. The summed E-state index contributed by atoms with van der Waals surface area (Å²) in [5.74, 6) is 0.149. The number of carbonyl (C=O) groups excluding carboxylic acids is 2. The second kappa shape index (κ2) is 12.6. The SMILES string of the molecule is Cc1ccc(NC(=O)O[C@H](c2ccc(O)cc2)[C@@H](CCOC(=O)CS)Oc2ccccc2)cc1. The van der Waals surface area contributed by atoms with Crippen LogP contribution in [0.15, 0.2) is 78.9 Å². The fourth-order valence-corrected chi connectivity index (χ4v) is 3.29. The molecule has 0 spiro atoms. The molecule has 0 aliphatic carbocycles. The highest BCUT2D eigenvalue weighted by Gasteiger charge is 2.30. The Morgan fingerprint density at radius 1 is 0.971 bits per heavy atom. The largest absolute Gasteiger partial charge is 0.508 e. The molecule has 7 nitrogen and oxygen atoms in total. The highest BCUT2D eigenvalue weighted by molar-refractivity contribution is 7.81. The van der Waals surface area contributed by atoms with Crippen LogP contribution in [0.5, 0.6) is 11.5 Å². The lowest BCUT2D eigenvalue weighted by Crippen LogP contribution is -2.32. The maximum atomic E-state index is 12.8. The number of aromatic hydroxyl groups is 1. The molecule has 0 heterocycles. The lowest BCUT2D eigenvalue weighted by molar-refractivity contribution is -0.141. The number of benzene rings is 3. The second-order valence-corrected chi connectivity index (χ2v) is 7.86. The molecule has 178 valence electrons. The first-order valence-electron chi connectivity index (χ1n) is 10.8. The number of para-hydroxylation sites is 1. The van der Waals surface area contributed by atoms with Gasteiger partial charge < -0.3 is 19.3 Å². The fourth-order valence-electron chi connectivity index (χ4n) is 3.20. The van der Waals surface area contributed by atoms with Gasteiger partial charge in [0.25, 0.3) is 0 Å². The molecule has 2 N–H and O–H groups in total. The lowest BCUT2D eigenvalue weighted by Gasteiger charge is -2.28. The Balaban J connectivity index is 1.84. The van der Waals surface area contributed by atoms with E-state index in [9.17, 15) is 14.7 Å². The Morgan fingerprint density at radius 3 is 2.29 bits per heavy atom. The van der Waals surface area contributed by atoms with Gasteiger partial charge in [-0.3, -0.25) is 10.1 Å². The molecule has 0 aliphatic rings. The summed E-state index contributed by atoms with van der Waals surface area (Å²) in [5.41, 5.74) is 2.26. The normalized spacial score (nSPS) is 12.3. The van der Waals surface area contributed by atoms with E-state index in [-0.39, 0.29) is 24.5 Å². The maximum absolute atomic E-state index is 12.8. The number of amides is 1. The summed E-state index contributed by atoms with van der Waals surface area (Å²) >= 11 is 3.92. The third-order valence-electron chi connectivity index (χ3n) is 4.92. The predicted octanol–water partition coefficient (Wildman–Crippen LogP) is 5.30. The molecule has 0 unspecified atom stereocenters. The van der Waals surface area contributed by atoms with Crippen molar-refractivity contribution >= 4 is 30.4 Å². The number of hydrogen-bond acceptors (Lipinski definition) is 7. The van der Waals surface area contributed by atoms with Crippen molar-refractivity contribution < 1.29 is 28.9 Å². The molecule has 0 radical (unpaired) electrons. The molecule has 0 fully saturated rings. The molecule has 3 aromatic carbocycles. The first-order valence-corrected chi connectivity index (χ1v) is 11.4. The number of phenolic OH excluding ortho intramolecular Hbond substituents is 1. The van der Waals surface area contributed by atoms with E-state index in [2.05, 4.69) is 17.9 Å². The molecule has 0 aromatic heterocycles. The van der Waals surface area contributed by atoms with E-state index in [0.29, 0.717) is 17.0 Å². The third-order valence-corrected chi connectivity index (χ3v) is 5.17. The molecule has 0 aliphatic heterocycles. The van der Waals surface area contributed by atoms with Gasteiger partial charge in [0.2, 0.25) is 0 Å². The highest BCUT2D eigenvalue weighted by Crippen LogP contribution is 2.29. The van der Waals surface area contributed by atoms with Crippen molar-refractivity contribution in [3.05, 3.63) is 90.0 Å². The van der Waals surface area contributed by atoms with Gasteiger partial charge in [-0.15, -0.1) is 0 Å². The van der Waals surface area contributed by atoms with Crippen molar-refractivity contribution in [2.75, 3.05) is 17.7 Å². The zero-order chi connectivity index (χ0) is 24.3. The number of nitrogens with one attached hydrogen (secondary N) is 1. The minimum absolute atomic E-state index is 0.0406. The number of anilines is 1. The Hall–Kier alpha value is -3.65. The molecule has 1 amide bonds. The smallest absolute Gasteiger partial charge is 0.412 e. The standard InChI is InChI=1S/C26H27NO6S/c1-18-7-11-20(12-8-18)27-26(30)33-25(19-9-13-21(28)14-10-19)23(15-16-31-24(29)17-34)32-22-5-3-2-4-6-22/h2-14,23,25,28,34H,15-17H2,1H3,(H,27,30)/t23-,25-/m1/s1. The van der Waals surface area contributed by atoms with E-state index in [1.165, 1.54) is 12.1 Å². The van der Waals surface area contributed by atoms with Gasteiger partial charge in [0.1, 0.15) is 17.6 Å². The summed E-state index contributed by atoms with van der Waals surface area (Å²) in [4.78, 5) is 24.4. The second-order valence-electron chi connectivity index (χ2n) is 7.55. The Bertz CT molecular complexity index is 1060. The number of carbonyl (C=O) groups is 2. The summed E-state index contributed by atoms with van der Waals surface area (Å²) in [5, 5.41) is 12.4. The average molecular weight is 482 g/mol. The topological polar surface area (TPSA) is 94.1 Å². The zero-order valence-corrected chi connectivity index (χ0v) is 19.6. The maximum Gasteiger partial charge on any atom is 0.412 e. The van der Waals surface area contributed by atoms with Crippen LogP contribution in [0.25, 0.3) is 0 Å². The number of rotatable bonds is 10. The fraction of sp³-hybridized carbons (Fsp3) is 0.231. The molecule has 3 rings (SSSR count). The summed E-state index contributed by atoms with van der Waals surface area (Å²) in [6, 6.07) is 22.7. The van der Waals surface area contributed by atoms with Crippen LogP contribution in [-0.4, -0.2) is 35.6 Å². The lowest BCUT2D eigenvalue weighted by atomic mass is 10.0. The predicted molar refractivity (Wildman–Crippen MR) is 132 cm³/mol. The molecule has 2 atom stereocenters. The molecular formula is C26H27NO6S. The molecule has 0 saturated carbocycles. The van der Waals surface area contributed by atoms with E-state index < -0.39 is 24.3 Å². The number of esters is 1. The van der Waals surface area contributed by atoms with E-state index in [1.54, 1.807) is 36.4 Å².